The lowest BCUT2D eigenvalue weighted by molar-refractivity contribution is -0.138. The summed E-state index contributed by atoms with van der Waals surface area (Å²) in [4.78, 5) is 99.9. The van der Waals surface area contributed by atoms with E-state index >= 15 is 0 Å². The number of piperazine rings is 2. The van der Waals surface area contributed by atoms with Gasteiger partial charge in [-0.15, -0.1) is 0 Å². The Morgan fingerprint density at radius 3 is 1.28 bits per heavy atom. The van der Waals surface area contributed by atoms with Crippen LogP contribution in [0.25, 0.3) is 0 Å². The monoisotopic (exact) mass is 1650 g/mol. The lowest BCUT2D eigenvalue weighted by Gasteiger charge is -2.40. The number of phenols is 2. The number of phenolic OH excluding ortho intramolecular Hbond substituents is 2. The first kappa shape index (κ1) is 83.2. The van der Waals surface area contributed by atoms with E-state index in [4.69, 9.17) is 4.55 Å². The summed E-state index contributed by atoms with van der Waals surface area (Å²) in [5, 5.41) is 28.4. The van der Waals surface area contributed by atoms with E-state index in [1.165, 1.54) is 92.0 Å². The molecule has 19 rings (SSSR count). The van der Waals surface area contributed by atoms with Gasteiger partial charge >= 0.3 is 0 Å². The summed E-state index contributed by atoms with van der Waals surface area (Å²) in [5.41, 5.74) is 21.5. The molecule has 628 valence electrons. The van der Waals surface area contributed by atoms with Crippen LogP contribution in [0.1, 0.15) is 175 Å². The molecule has 9 aromatic rings. The third kappa shape index (κ3) is 18.7. The molecule has 0 unspecified atom stereocenters. The average molecular weight is 1650 g/mol. The zero-order valence-corrected chi connectivity index (χ0v) is 69.7. The molecule has 10 aliphatic rings. The van der Waals surface area contributed by atoms with Gasteiger partial charge in [-0.25, -0.2) is 0 Å². The van der Waals surface area contributed by atoms with E-state index in [2.05, 4.69) is 176 Å². The van der Waals surface area contributed by atoms with Crippen molar-refractivity contribution in [1.82, 2.24) is 30.7 Å². The second-order valence-electron chi connectivity index (χ2n) is 34.1. The number of piperidine rings is 4. The predicted octanol–water partition coefficient (Wildman–Crippen LogP) is 13.1. The number of fused-ring (bicyclic) bond motifs is 4. The van der Waals surface area contributed by atoms with Gasteiger partial charge in [-0.3, -0.25) is 48.9 Å². The Balaban J connectivity index is 0.000000138. The highest BCUT2D eigenvalue weighted by Gasteiger charge is 2.43. The summed E-state index contributed by atoms with van der Waals surface area (Å²) in [5.74, 6) is 1.45. The standard InChI is InChI=1S/C46H51N5O4.C29H31NO2.C17H20N4O3.C6H6O3S/c1-30-25-34(44-38(32-5-3-2-4-6-32)11-7-33-27-37(52)10-13-39(33)44)8-14-41(30)50-19-17-31(18-20-50)28-48-21-23-49(24-22-48)36-9-12-40-35(26-36)29-51(46(40)55)42-15-16-43(53)47-45(42)54;1-20-17-24(8-12-28(20)30-15-13-21(19-31)14-16-30)29-26(22-5-3-2-4-6-22)10-7-23-18-25(32)9-11-27(23)29;22-15-4-3-14(16(23)19-15)21-10-11-9-12(1-2-13(11)17(21)24)20-7-5-18-6-8-20;7-10(8,9)6-4-2-1-3-5-6/h2-6,8-10,12-14,25-27,31,38,42,44,52H,7,11,15-24,28-29H2,1H3,(H,47,53,54);2-6,8-9,11-12,17-19,21,26,29,32H,7,10,13-16H2,1H3;1-2,9,14,18H,3-8,10H2,(H,19,22,23);1-5H,(H,7,8,9)/t38-,42-,44+;26-,29+;14-;/m111./s1. The number of nitrogens with zero attached hydrogens (tertiary/aromatic N) is 7. The van der Waals surface area contributed by atoms with Crippen LogP contribution in [-0.2, 0) is 60.0 Å². The fraction of sp³-hybridized carbons (Fsp3) is 0.378. The minimum Gasteiger partial charge on any atom is -0.508 e. The van der Waals surface area contributed by atoms with E-state index in [1.54, 1.807) is 28.0 Å². The number of anilines is 4. The fourth-order valence-electron chi connectivity index (χ4n) is 20.2. The number of rotatable bonds is 14. The smallest absolute Gasteiger partial charge is 0.294 e. The first-order valence-corrected chi connectivity index (χ1v) is 44.5. The number of aromatic hydroxyl groups is 2. The van der Waals surface area contributed by atoms with Gasteiger partial charge in [0.2, 0.25) is 23.6 Å². The first-order chi connectivity index (χ1) is 58.7. The van der Waals surface area contributed by atoms with Crippen molar-refractivity contribution in [2.45, 2.75) is 145 Å². The van der Waals surface area contributed by atoms with Crippen molar-refractivity contribution in [3.63, 3.8) is 0 Å². The number of carbonyl (C=O) groups is 7. The number of nitrogens with one attached hydrogen (secondary N) is 3. The van der Waals surface area contributed by atoms with Gasteiger partial charge in [0.05, 0.1) is 4.90 Å². The molecular formula is C98H108N10O12S. The van der Waals surface area contributed by atoms with Crippen molar-refractivity contribution in [3.8, 4) is 11.5 Å². The average Bonchev–Trinajstić information content (AvgIpc) is 0.907. The van der Waals surface area contributed by atoms with Crippen molar-refractivity contribution in [1.29, 1.82) is 0 Å². The number of hydrogen-bond acceptors (Lipinski definition) is 17. The van der Waals surface area contributed by atoms with E-state index in [0.29, 0.717) is 66.3 Å². The molecule has 6 amide bonds. The minimum atomic E-state index is -4.00. The fourth-order valence-corrected chi connectivity index (χ4v) is 20.7. The van der Waals surface area contributed by atoms with E-state index in [-0.39, 0.29) is 70.9 Å². The first-order valence-electron chi connectivity index (χ1n) is 43.1. The van der Waals surface area contributed by atoms with Gasteiger partial charge in [0, 0.05) is 163 Å². The molecule has 9 aromatic carbocycles. The molecule has 0 saturated carbocycles. The van der Waals surface area contributed by atoms with Gasteiger partial charge < -0.3 is 49.7 Å². The van der Waals surface area contributed by atoms with Gasteiger partial charge in [-0.05, 0) is 247 Å². The molecule has 0 aromatic heterocycles. The second-order valence-corrected chi connectivity index (χ2v) is 35.5. The number of benzene rings is 9. The van der Waals surface area contributed by atoms with E-state index in [9.17, 15) is 52.2 Å². The van der Waals surface area contributed by atoms with Crippen LogP contribution in [0.5, 0.6) is 11.5 Å². The molecular weight excluding hydrogens is 1540 g/mol. The van der Waals surface area contributed by atoms with Crippen molar-refractivity contribution in [3.05, 3.63) is 278 Å². The zero-order valence-electron chi connectivity index (χ0n) is 68.9. The highest BCUT2D eigenvalue weighted by molar-refractivity contribution is 7.85. The van der Waals surface area contributed by atoms with E-state index < -0.39 is 22.2 Å². The number of carbonyl (C=O) groups excluding carboxylic acids is 7. The highest BCUT2D eigenvalue weighted by atomic mass is 32.2. The van der Waals surface area contributed by atoms with Crippen molar-refractivity contribution in [2.75, 3.05) is 105 Å². The van der Waals surface area contributed by atoms with Gasteiger partial charge in [-0.1, -0.05) is 115 Å². The maximum Gasteiger partial charge on any atom is 0.294 e. The van der Waals surface area contributed by atoms with Gasteiger partial charge in [0.1, 0.15) is 29.9 Å². The van der Waals surface area contributed by atoms with Crippen LogP contribution in [-0.4, -0.2) is 177 Å². The van der Waals surface area contributed by atoms with Crippen molar-refractivity contribution >= 4 is 74.6 Å². The molecule has 8 aliphatic heterocycles. The summed E-state index contributed by atoms with van der Waals surface area (Å²) in [6.07, 6.45) is 10.8. The molecule has 8 heterocycles. The number of imide groups is 2. The lowest BCUT2D eigenvalue weighted by atomic mass is 9.69. The van der Waals surface area contributed by atoms with Crippen LogP contribution < -0.4 is 35.6 Å². The Kier molecular flexibility index (Phi) is 25.3. The Labute approximate surface area is 708 Å². The molecule has 6 saturated heterocycles. The summed E-state index contributed by atoms with van der Waals surface area (Å²) in [6, 6.07) is 66.0. The molecule has 6 N–H and O–H groups in total. The second kappa shape index (κ2) is 36.8. The molecule has 0 bridgehead atoms. The number of hydrogen-bond donors (Lipinski definition) is 6. The Hall–Kier alpha value is -11.5. The molecule has 6 fully saturated rings. The number of aldehydes is 1. The molecule has 23 heteroatoms. The van der Waals surface area contributed by atoms with Crippen molar-refractivity contribution < 1.29 is 56.7 Å². The maximum atomic E-state index is 13.2. The van der Waals surface area contributed by atoms with Gasteiger partial charge in [0.15, 0.2) is 0 Å². The van der Waals surface area contributed by atoms with Gasteiger partial charge in [-0.2, -0.15) is 8.42 Å². The summed E-state index contributed by atoms with van der Waals surface area (Å²) in [7, 11) is -4.00. The van der Waals surface area contributed by atoms with Crippen LogP contribution in [0.3, 0.4) is 0 Å². The topological polar surface area (TPSA) is 273 Å². The van der Waals surface area contributed by atoms with Crippen LogP contribution in [0, 0.1) is 25.7 Å². The molecule has 121 heavy (non-hydrogen) atoms. The SMILES string of the molecule is Cc1cc([C@@H]2c3ccc(O)cc3CC[C@@H]2c2ccccc2)ccc1N1CCC(C=O)CC1.Cc1cc([C@@H]2c3ccc(O)cc3CC[C@@H]2c2ccccc2)ccc1N1CCC(CN2CCN(c3ccc4c(c3)CN([C@@H]3CCC(=O)NC3=O)C4=O)CC2)CC1.O=C1CC[C@@H](N2Cc3cc(N4CCNCC4)ccc3C2=O)C(=O)N1.O=S(=O)(O)c1ccccc1. The third-order valence-electron chi connectivity index (χ3n) is 26.6. The zero-order chi connectivity index (χ0) is 84.0. The van der Waals surface area contributed by atoms with E-state index in [1.807, 2.05) is 48.5 Å². The number of aryl methyl sites for hydroxylation is 4. The van der Waals surface area contributed by atoms with Gasteiger partial charge in [0.25, 0.3) is 21.9 Å². The van der Waals surface area contributed by atoms with Crippen molar-refractivity contribution in [2.24, 2.45) is 11.8 Å². The molecule has 2 aliphatic carbocycles. The Morgan fingerprint density at radius 1 is 0.421 bits per heavy atom. The third-order valence-corrected chi connectivity index (χ3v) is 27.5. The maximum absolute atomic E-state index is 13.2. The highest BCUT2D eigenvalue weighted by Crippen LogP contribution is 2.50. The molecule has 6 atom stereocenters. The Morgan fingerprint density at radius 2 is 0.860 bits per heavy atom. The van der Waals surface area contributed by atoms with E-state index in [0.717, 1.165) is 152 Å². The Bertz CT molecular complexity index is 5430. The number of amides is 6. The lowest BCUT2D eigenvalue weighted by Crippen LogP contribution is -2.52. The van der Waals surface area contributed by atoms with Crippen LogP contribution in [0.4, 0.5) is 22.7 Å². The molecule has 0 radical (unpaired) electrons. The van der Waals surface area contributed by atoms with Crippen LogP contribution in [0.15, 0.2) is 205 Å². The molecule has 0 spiro atoms. The quantitative estimate of drug-likeness (QED) is 0.0335. The minimum absolute atomic E-state index is 0.0741. The van der Waals surface area contributed by atoms with Crippen LogP contribution >= 0.6 is 0 Å². The molecule has 22 nitrogen and oxygen atoms in total. The summed E-state index contributed by atoms with van der Waals surface area (Å²) < 4.78 is 29.2. The largest absolute Gasteiger partial charge is 0.508 e. The van der Waals surface area contributed by atoms with Crippen LogP contribution in [0.2, 0.25) is 0 Å². The summed E-state index contributed by atoms with van der Waals surface area (Å²) >= 11 is 0. The summed E-state index contributed by atoms with van der Waals surface area (Å²) in [6.45, 7) is 18.3. The normalized spacial score (nSPS) is 22.0. The predicted molar refractivity (Wildman–Crippen MR) is 468 cm³/mol.